The van der Waals surface area contributed by atoms with Gasteiger partial charge in [0.05, 0.1) is 25.7 Å². The van der Waals surface area contributed by atoms with Crippen LogP contribution in [0, 0.1) is 11.8 Å². The van der Waals surface area contributed by atoms with Gasteiger partial charge in [-0.25, -0.2) is 4.79 Å². The van der Waals surface area contributed by atoms with Gasteiger partial charge < -0.3 is 19.3 Å². The number of unbranched alkanes of at least 4 members (excludes halogenated alkanes) is 2. The molecular weight excluding hydrogens is 360 g/mol. The summed E-state index contributed by atoms with van der Waals surface area (Å²) in [6.07, 6.45) is 6.73. The maximum atomic E-state index is 12.0. The zero-order chi connectivity index (χ0) is 21.4. The molecule has 0 bridgehead atoms. The molecule has 0 heterocycles. The molecule has 6 heteroatoms. The second-order valence-corrected chi connectivity index (χ2v) is 7.48. The fourth-order valence-corrected chi connectivity index (χ4v) is 3.25. The standard InChI is InChI=1S/C22H42O6/c1-6-10-12-19(9-4)20(23)27-16-14-26-15-17-28-22(21(24)25,13-11-7-2)18(5)8-3/h18-19H,6-17H2,1-5H3,(H,24,25). The maximum Gasteiger partial charge on any atom is 0.336 e. The molecule has 1 N–H and O–H groups in total. The summed E-state index contributed by atoms with van der Waals surface area (Å²) >= 11 is 0. The number of rotatable bonds is 18. The van der Waals surface area contributed by atoms with Crippen molar-refractivity contribution in [2.75, 3.05) is 26.4 Å². The summed E-state index contributed by atoms with van der Waals surface area (Å²) in [6.45, 7) is 11.0. The third kappa shape index (κ3) is 9.37. The van der Waals surface area contributed by atoms with Gasteiger partial charge in [0, 0.05) is 0 Å². The van der Waals surface area contributed by atoms with Crippen molar-refractivity contribution in [3.8, 4) is 0 Å². The molecule has 0 saturated heterocycles. The number of aliphatic carboxylic acids is 1. The van der Waals surface area contributed by atoms with E-state index in [2.05, 4.69) is 6.92 Å². The Morgan fingerprint density at radius 3 is 2.11 bits per heavy atom. The number of carboxylic acids is 1. The van der Waals surface area contributed by atoms with Crippen molar-refractivity contribution in [1.29, 1.82) is 0 Å². The summed E-state index contributed by atoms with van der Waals surface area (Å²) in [5, 5.41) is 9.77. The van der Waals surface area contributed by atoms with Gasteiger partial charge in [-0.1, -0.05) is 66.7 Å². The maximum absolute atomic E-state index is 12.0. The number of hydrogen-bond donors (Lipinski definition) is 1. The summed E-state index contributed by atoms with van der Waals surface area (Å²) in [7, 11) is 0. The molecule has 166 valence electrons. The van der Waals surface area contributed by atoms with E-state index in [1.54, 1.807) is 0 Å². The summed E-state index contributed by atoms with van der Waals surface area (Å²) in [5.41, 5.74) is -1.16. The highest BCUT2D eigenvalue weighted by Gasteiger charge is 2.43. The smallest absolute Gasteiger partial charge is 0.336 e. The van der Waals surface area contributed by atoms with Crippen molar-refractivity contribution in [3.63, 3.8) is 0 Å². The average molecular weight is 403 g/mol. The molecular formula is C22H42O6. The van der Waals surface area contributed by atoms with Crippen LogP contribution in [-0.4, -0.2) is 49.1 Å². The molecule has 6 nitrogen and oxygen atoms in total. The summed E-state index contributed by atoms with van der Waals surface area (Å²) in [5.74, 6) is -1.17. The Kier molecular flexibility index (Phi) is 15.1. The molecule has 3 atom stereocenters. The van der Waals surface area contributed by atoms with Gasteiger partial charge in [0.1, 0.15) is 6.61 Å². The van der Waals surface area contributed by atoms with Crippen molar-refractivity contribution in [2.24, 2.45) is 11.8 Å². The summed E-state index contributed by atoms with van der Waals surface area (Å²) in [4.78, 5) is 23.9. The summed E-state index contributed by atoms with van der Waals surface area (Å²) < 4.78 is 16.6. The Balaban J connectivity index is 4.26. The molecule has 0 saturated carbocycles. The first-order valence-electron chi connectivity index (χ1n) is 11.0. The van der Waals surface area contributed by atoms with Gasteiger partial charge >= 0.3 is 11.9 Å². The Bertz CT molecular complexity index is 425. The number of carboxylic acid groups (broad SMARTS) is 1. The highest BCUT2D eigenvalue weighted by atomic mass is 16.6. The first kappa shape index (κ1) is 26.9. The molecule has 0 aromatic rings. The SMILES string of the molecule is CCCCC(CC)C(=O)OCCOCCOC(CCCC)(C(=O)O)C(C)CC. The average Bonchev–Trinajstić information content (AvgIpc) is 2.69. The zero-order valence-corrected chi connectivity index (χ0v) is 18.6. The number of ether oxygens (including phenoxy) is 3. The zero-order valence-electron chi connectivity index (χ0n) is 18.6. The minimum atomic E-state index is -1.16. The van der Waals surface area contributed by atoms with Crippen LogP contribution in [0.1, 0.15) is 86.0 Å². The van der Waals surface area contributed by atoms with Gasteiger partial charge in [0.25, 0.3) is 0 Å². The first-order chi connectivity index (χ1) is 13.4. The van der Waals surface area contributed by atoms with Crippen LogP contribution in [0.2, 0.25) is 0 Å². The number of carbonyl (C=O) groups is 2. The van der Waals surface area contributed by atoms with Crippen LogP contribution in [0.4, 0.5) is 0 Å². The Morgan fingerprint density at radius 1 is 0.929 bits per heavy atom. The van der Waals surface area contributed by atoms with E-state index in [1.807, 2.05) is 27.7 Å². The minimum Gasteiger partial charge on any atom is -0.479 e. The topological polar surface area (TPSA) is 82.1 Å². The van der Waals surface area contributed by atoms with E-state index in [9.17, 15) is 14.7 Å². The van der Waals surface area contributed by atoms with E-state index in [-0.39, 0.29) is 44.2 Å². The van der Waals surface area contributed by atoms with Crippen molar-refractivity contribution >= 4 is 11.9 Å². The van der Waals surface area contributed by atoms with Gasteiger partial charge in [0.15, 0.2) is 5.60 Å². The Hall–Kier alpha value is -1.14. The largest absolute Gasteiger partial charge is 0.479 e. The Labute approximate surface area is 171 Å². The highest BCUT2D eigenvalue weighted by molar-refractivity contribution is 5.78. The third-order valence-corrected chi connectivity index (χ3v) is 5.46. The van der Waals surface area contributed by atoms with Crippen molar-refractivity contribution < 1.29 is 28.9 Å². The van der Waals surface area contributed by atoms with Crippen LogP contribution in [-0.2, 0) is 23.8 Å². The van der Waals surface area contributed by atoms with E-state index in [1.165, 1.54) is 0 Å². The van der Waals surface area contributed by atoms with Crippen molar-refractivity contribution in [1.82, 2.24) is 0 Å². The molecule has 3 unspecified atom stereocenters. The predicted octanol–water partition coefficient (Wildman–Crippen LogP) is 4.84. The molecule has 28 heavy (non-hydrogen) atoms. The van der Waals surface area contributed by atoms with Crippen LogP contribution < -0.4 is 0 Å². The van der Waals surface area contributed by atoms with E-state index >= 15 is 0 Å². The molecule has 0 aromatic heterocycles. The molecule has 0 rings (SSSR count). The van der Waals surface area contributed by atoms with Gasteiger partial charge in [0.2, 0.25) is 0 Å². The van der Waals surface area contributed by atoms with Crippen LogP contribution >= 0.6 is 0 Å². The van der Waals surface area contributed by atoms with Gasteiger partial charge in [-0.05, 0) is 25.2 Å². The van der Waals surface area contributed by atoms with Crippen molar-refractivity contribution in [2.45, 2.75) is 91.6 Å². The first-order valence-corrected chi connectivity index (χ1v) is 11.0. The lowest BCUT2D eigenvalue weighted by molar-refractivity contribution is -0.179. The molecule has 0 aromatic carbocycles. The fraction of sp³-hybridized carbons (Fsp3) is 0.909. The van der Waals surface area contributed by atoms with Gasteiger partial charge in [-0.3, -0.25) is 4.79 Å². The molecule has 0 aliphatic heterocycles. The lowest BCUT2D eigenvalue weighted by Gasteiger charge is -2.35. The summed E-state index contributed by atoms with van der Waals surface area (Å²) in [6, 6.07) is 0. The lowest BCUT2D eigenvalue weighted by atomic mass is 9.82. The molecule has 0 radical (unpaired) electrons. The van der Waals surface area contributed by atoms with Crippen LogP contribution in [0.15, 0.2) is 0 Å². The van der Waals surface area contributed by atoms with Crippen LogP contribution in [0.5, 0.6) is 0 Å². The third-order valence-electron chi connectivity index (χ3n) is 5.46. The molecule has 0 aliphatic rings. The Morgan fingerprint density at radius 2 is 1.57 bits per heavy atom. The van der Waals surface area contributed by atoms with E-state index in [4.69, 9.17) is 14.2 Å². The second-order valence-electron chi connectivity index (χ2n) is 7.48. The fourth-order valence-electron chi connectivity index (χ4n) is 3.25. The highest BCUT2D eigenvalue weighted by Crippen LogP contribution is 2.31. The van der Waals surface area contributed by atoms with E-state index in [0.717, 1.165) is 44.9 Å². The quantitative estimate of drug-likeness (QED) is 0.261. The second kappa shape index (κ2) is 15.7. The van der Waals surface area contributed by atoms with Crippen LogP contribution in [0.3, 0.4) is 0 Å². The molecule has 0 spiro atoms. The number of hydrogen-bond acceptors (Lipinski definition) is 5. The number of esters is 1. The van der Waals surface area contributed by atoms with Gasteiger partial charge in [-0.15, -0.1) is 0 Å². The predicted molar refractivity (Wildman–Crippen MR) is 110 cm³/mol. The molecule has 0 fully saturated rings. The van der Waals surface area contributed by atoms with Gasteiger partial charge in [-0.2, -0.15) is 0 Å². The molecule has 0 aliphatic carbocycles. The minimum absolute atomic E-state index is 0.0337. The van der Waals surface area contributed by atoms with Crippen LogP contribution in [0.25, 0.3) is 0 Å². The van der Waals surface area contributed by atoms with Crippen molar-refractivity contribution in [3.05, 3.63) is 0 Å². The van der Waals surface area contributed by atoms with E-state index in [0.29, 0.717) is 6.42 Å². The monoisotopic (exact) mass is 402 g/mol. The van der Waals surface area contributed by atoms with E-state index < -0.39 is 11.6 Å². The number of carbonyl (C=O) groups excluding carboxylic acids is 1. The molecule has 0 amide bonds. The normalized spacial score (nSPS) is 15.6. The lowest BCUT2D eigenvalue weighted by Crippen LogP contribution is -2.48.